The van der Waals surface area contributed by atoms with Crippen LogP contribution < -0.4 is 0 Å². The zero-order valence-electron chi connectivity index (χ0n) is 15.5. The van der Waals surface area contributed by atoms with E-state index in [1.807, 2.05) is 77.9 Å². The molecular formula is C24H21NO2Pd. The molecular weight excluding hydrogens is 441 g/mol. The van der Waals surface area contributed by atoms with Gasteiger partial charge in [-0.15, -0.1) is 0 Å². The molecule has 4 heteroatoms. The summed E-state index contributed by atoms with van der Waals surface area (Å²) in [7, 11) is 0. The Hall–Kier alpha value is -2.80. The molecule has 3 nitrogen and oxygen atoms in total. The zero-order chi connectivity index (χ0) is 19.8. The van der Waals surface area contributed by atoms with Gasteiger partial charge >= 0.3 is 176 Å². The van der Waals surface area contributed by atoms with Crippen LogP contribution in [0.3, 0.4) is 0 Å². The van der Waals surface area contributed by atoms with Gasteiger partial charge in [-0.05, 0) is 0 Å². The Bertz CT molecular complexity index is 957. The number of hydrogen-bond donors (Lipinski definition) is 0. The number of carbonyl (C=O) groups is 1. The van der Waals surface area contributed by atoms with Crippen molar-refractivity contribution in [2.75, 3.05) is 6.61 Å². The van der Waals surface area contributed by atoms with Crippen molar-refractivity contribution in [1.82, 2.24) is 4.90 Å². The quantitative estimate of drug-likeness (QED) is 0.357. The summed E-state index contributed by atoms with van der Waals surface area (Å²) in [6.45, 7) is 2.14. The number of rotatable bonds is 6. The second kappa shape index (κ2) is 9.94. The fraction of sp³-hybridized carbons (Fsp3) is 0.0833. The maximum absolute atomic E-state index is 12.1. The van der Waals surface area contributed by atoms with Crippen molar-refractivity contribution in [2.24, 2.45) is 0 Å². The molecule has 0 saturated carbocycles. The van der Waals surface area contributed by atoms with Crippen LogP contribution in [0.5, 0.6) is 0 Å². The third-order valence-corrected chi connectivity index (χ3v) is 4.87. The van der Waals surface area contributed by atoms with Crippen LogP contribution in [0.1, 0.15) is 18.1 Å². The third kappa shape index (κ3) is 5.13. The van der Waals surface area contributed by atoms with Crippen LogP contribution in [0.15, 0.2) is 103 Å². The van der Waals surface area contributed by atoms with E-state index in [-0.39, 0.29) is 5.97 Å². The fourth-order valence-corrected chi connectivity index (χ4v) is 3.31. The molecule has 28 heavy (non-hydrogen) atoms. The van der Waals surface area contributed by atoms with Crippen molar-refractivity contribution in [3.05, 3.63) is 114 Å². The minimum atomic E-state index is -0.361. The van der Waals surface area contributed by atoms with Gasteiger partial charge < -0.3 is 0 Å². The molecule has 0 atom stereocenters. The summed E-state index contributed by atoms with van der Waals surface area (Å²) in [5, 5.41) is 0. The van der Waals surface area contributed by atoms with E-state index in [0.29, 0.717) is 6.61 Å². The molecule has 1 heterocycles. The average Bonchev–Trinajstić information content (AvgIpc) is 2.74. The number of benzene rings is 2. The Morgan fingerprint density at radius 2 is 1.71 bits per heavy atom. The molecule has 1 aliphatic heterocycles. The number of nitrogens with zero attached hydrogens (tertiary/aromatic N) is 1. The predicted molar refractivity (Wildman–Crippen MR) is 110 cm³/mol. The van der Waals surface area contributed by atoms with Crippen LogP contribution >= 0.6 is 0 Å². The van der Waals surface area contributed by atoms with Gasteiger partial charge in [0.1, 0.15) is 0 Å². The van der Waals surface area contributed by atoms with E-state index in [1.54, 1.807) is 6.92 Å². The summed E-state index contributed by atoms with van der Waals surface area (Å²) in [5.41, 5.74) is 3.79. The average molecular weight is 462 g/mol. The standard InChI is InChI=1S/C24H21NO2.Pd/c1-2-27-24(26)19-22-15-9-10-16-25(22)23(17-20-11-5-3-6-12-20)18-21-13-7-4-8-14-21;/h3-17,19H,2H2,1H3;/b22-19+,23-17-;. The van der Waals surface area contributed by atoms with Crippen LogP contribution in [-0.2, 0) is 28.3 Å². The van der Waals surface area contributed by atoms with Gasteiger partial charge in [0.25, 0.3) is 0 Å². The Morgan fingerprint density at radius 3 is 2.39 bits per heavy atom. The topological polar surface area (TPSA) is 29.5 Å². The first-order valence-corrected chi connectivity index (χ1v) is 9.81. The monoisotopic (exact) mass is 461 g/mol. The molecule has 0 amide bonds. The number of ether oxygens (including phenoxy) is 1. The van der Waals surface area contributed by atoms with Gasteiger partial charge in [-0.3, -0.25) is 0 Å². The van der Waals surface area contributed by atoms with Gasteiger partial charge in [-0.25, -0.2) is 0 Å². The van der Waals surface area contributed by atoms with Crippen molar-refractivity contribution in [3.63, 3.8) is 0 Å². The summed E-state index contributed by atoms with van der Waals surface area (Å²) in [4.78, 5) is 14.0. The van der Waals surface area contributed by atoms with Gasteiger partial charge in [-0.1, -0.05) is 0 Å². The SMILES string of the molecule is CCOC(=O)/C=C1\C=CC=CN1/C(=C\c1ccccc1)[C](=[Pd])c1ccccc1. The van der Waals surface area contributed by atoms with Crippen LogP contribution in [0, 0.1) is 0 Å². The number of hydrogen-bond acceptors (Lipinski definition) is 3. The summed E-state index contributed by atoms with van der Waals surface area (Å²) in [5.74, 6) is -0.361. The molecule has 0 aromatic heterocycles. The molecule has 1 aliphatic rings. The Balaban J connectivity index is 2.06. The number of carbonyl (C=O) groups excluding carboxylic acids is 1. The van der Waals surface area contributed by atoms with Crippen LogP contribution in [0.4, 0.5) is 0 Å². The molecule has 0 fully saturated rings. The molecule has 3 rings (SSSR count). The molecule has 144 valence electrons. The molecule has 0 bridgehead atoms. The fourth-order valence-electron chi connectivity index (χ4n) is 2.75. The summed E-state index contributed by atoms with van der Waals surface area (Å²) in [6.07, 6.45) is 11.3. The van der Waals surface area contributed by atoms with Gasteiger partial charge in [0, 0.05) is 0 Å². The van der Waals surface area contributed by atoms with E-state index in [0.717, 1.165) is 26.5 Å². The first kappa shape index (κ1) is 20.0. The van der Waals surface area contributed by atoms with Gasteiger partial charge in [0.2, 0.25) is 0 Å². The first-order chi connectivity index (χ1) is 13.7. The molecule has 2 aromatic carbocycles. The van der Waals surface area contributed by atoms with Crippen molar-refractivity contribution < 1.29 is 28.3 Å². The molecule has 0 radical (unpaired) electrons. The molecule has 0 aliphatic carbocycles. The van der Waals surface area contributed by atoms with Crippen molar-refractivity contribution in [2.45, 2.75) is 6.92 Å². The van der Waals surface area contributed by atoms with Gasteiger partial charge in [0.05, 0.1) is 0 Å². The van der Waals surface area contributed by atoms with E-state index in [9.17, 15) is 4.79 Å². The van der Waals surface area contributed by atoms with E-state index in [1.165, 1.54) is 6.08 Å². The molecule has 2 aromatic rings. The van der Waals surface area contributed by atoms with Gasteiger partial charge in [0.15, 0.2) is 0 Å². The zero-order valence-corrected chi connectivity index (χ0v) is 17.1. The van der Waals surface area contributed by atoms with Crippen LogP contribution in [-0.4, -0.2) is 21.5 Å². The summed E-state index contributed by atoms with van der Waals surface area (Å²) < 4.78 is 6.06. The van der Waals surface area contributed by atoms with Crippen molar-refractivity contribution in [3.8, 4) is 0 Å². The molecule has 0 saturated heterocycles. The van der Waals surface area contributed by atoms with Crippen LogP contribution in [0.25, 0.3) is 6.08 Å². The van der Waals surface area contributed by atoms with E-state index in [2.05, 4.69) is 37.0 Å². The normalized spacial score (nSPS) is 15.0. The van der Waals surface area contributed by atoms with Crippen molar-refractivity contribution >= 4 is 16.0 Å². The Labute approximate surface area is 176 Å². The maximum atomic E-state index is 12.1. The Morgan fingerprint density at radius 1 is 1.04 bits per heavy atom. The van der Waals surface area contributed by atoms with E-state index >= 15 is 0 Å². The number of allylic oxidation sites excluding steroid dienone is 4. The predicted octanol–water partition coefficient (Wildman–Crippen LogP) is 4.63. The molecule has 0 unspecified atom stereocenters. The number of esters is 1. The molecule has 0 spiro atoms. The summed E-state index contributed by atoms with van der Waals surface area (Å²) >= 11 is 3.44. The summed E-state index contributed by atoms with van der Waals surface area (Å²) in [6, 6.07) is 20.2. The molecule has 0 N–H and O–H groups in total. The second-order valence-electron chi connectivity index (χ2n) is 5.98. The third-order valence-electron chi connectivity index (χ3n) is 4.02. The van der Waals surface area contributed by atoms with Gasteiger partial charge in [-0.2, -0.15) is 0 Å². The van der Waals surface area contributed by atoms with E-state index in [4.69, 9.17) is 4.74 Å². The van der Waals surface area contributed by atoms with Crippen LogP contribution in [0.2, 0.25) is 0 Å². The minimum absolute atomic E-state index is 0.344. The Kier molecular flexibility index (Phi) is 7.08. The van der Waals surface area contributed by atoms with E-state index < -0.39 is 0 Å². The second-order valence-corrected chi connectivity index (χ2v) is 6.76. The van der Waals surface area contributed by atoms with Crippen molar-refractivity contribution in [1.29, 1.82) is 0 Å². The first-order valence-electron chi connectivity index (χ1n) is 9.03.